The van der Waals surface area contributed by atoms with Crippen LogP contribution in [0.5, 0.6) is 0 Å². The zero-order valence-electron chi connectivity index (χ0n) is 17.8. The molecule has 9 nitrogen and oxygen atoms in total. The minimum atomic E-state index is -0.252. The Morgan fingerprint density at radius 1 is 1.09 bits per heavy atom. The van der Waals surface area contributed by atoms with Gasteiger partial charge in [0.1, 0.15) is 12.4 Å². The van der Waals surface area contributed by atoms with Gasteiger partial charge in [0.05, 0.1) is 13.2 Å². The van der Waals surface area contributed by atoms with Crippen molar-refractivity contribution in [1.82, 2.24) is 25.2 Å². The third kappa shape index (κ3) is 4.63. The molecule has 1 amide bonds. The molecule has 2 aliphatic heterocycles. The van der Waals surface area contributed by atoms with Gasteiger partial charge in [0.2, 0.25) is 11.8 Å². The fourth-order valence-corrected chi connectivity index (χ4v) is 4.16. The first-order valence-corrected chi connectivity index (χ1v) is 10.9. The second-order valence-corrected chi connectivity index (χ2v) is 7.96. The van der Waals surface area contributed by atoms with Crippen molar-refractivity contribution in [3.8, 4) is 0 Å². The fraction of sp³-hybridized carbons (Fsp3) is 0.391. The van der Waals surface area contributed by atoms with Crippen LogP contribution in [0, 0.1) is 0 Å². The van der Waals surface area contributed by atoms with E-state index in [-0.39, 0.29) is 12.0 Å². The Hall–Kier alpha value is -3.30. The van der Waals surface area contributed by atoms with Crippen molar-refractivity contribution in [2.24, 2.45) is 0 Å². The summed E-state index contributed by atoms with van der Waals surface area (Å²) in [5, 5.41) is 2.93. The first-order chi connectivity index (χ1) is 15.8. The van der Waals surface area contributed by atoms with Gasteiger partial charge in [-0.25, -0.2) is 15.0 Å². The highest BCUT2D eigenvalue weighted by atomic mass is 16.5. The van der Waals surface area contributed by atoms with Crippen LogP contribution in [-0.2, 0) is 17.7 Å². The van der Waals surface area contributed by atoms with Crippen LogP contribution in [0.4, 0.5) is 5.95 Å². The molecule has 1 aromatic carbocycles. The largest absolute Gasteiger partial charge is 0.447 e. The van der Waals surface area contributed by atoms with Crippen molar-refractivity contribution in [3.05, 3.63) is 71.7 Å². The zero-order chi connectivity index (χ0) is 21.8. The second-order valence-electron chi connectivity index (χ2n) is 7.96. The molecule has 1 atom stereocenters. The summed E-state index contributed by atoms with van der Waals surface area (Å²) in [4.78, 5) is 30.0. The molecule has 1 fully saturated rings. The summed E-state index contributed by atoms with van der Waals surface area (Å²) in [6, 6.07) is 10.0. The van der Waals surface area contributed by atoms with Gasteiger partial charge in [0, 0.05) is 45.1 Å². The number of amides is 1. The smallest absolute Gasteiger partial charge is 0.273 e. The number of carbonyl (C=O) groups is 1. The van der Waals surface area contributed by atoms with Crippen molar-refractivity contribution in [2.75, 3.05) is 44.2 Å². The Bertz CT molecular complexity index is 1050. The van der Waals surface area contributed by atoms with Crippen molar-refractivity contribution in [1.29, 1.82) is 0 Å². The highest BCUT2D eigenvalue weighted by molar-refractivity contribution is 5.91. The minimum Gasteiger partial charge on any atom is -0.447 e. The topological polar surface area (TPSA) is 96.6 Å². The van der Waals surface area contributed by atoms with Crippen LogP contribution in [0.3, 0.4) is 0 Å². The Morgan fingerprint density at radius 3 is 2.75 bits per heavy atom. The van der Waals surface area contributed by atoms with Crippen LogP contribution in [0.1, 0.15) is 33.6 Å². The molecule has 9 heteroatoms. The van der Waals surface area contributed by atoms with Gasteiger partial charge in [-0.05, 0) is 23.6 Å². The van der Waals surface area contributed by atoms with Gasteiger partial charge < -0.3 is 19.4 Å². The van der Waals surface area contributed by atoms with Crippen molar-refractivity contribution >= 4 is 11.9 Å². The van der Waals surface area contributed by atoms with Crippen LogP contribution in [0.2, 0.25) is 0 Å². The summed E-state index contributed by atoms with van der Waals surface area (Å²) in [5.74, 6) is 1.04. The zero-order valence-corrected chi connectivity index (χ0v) is 17.8. The number of hydrogen-bond donors (Lipinski definition) is 1. The molecule has 5 rings (SSSR count). The number of ether oxygens (including phenoxy) is 1. The monoisotopic (exact) mass is 434 g/mol. The van der Waals surface area contributed by atoms with Crippen molar-refractivity contribution in [2.45, 2.75) is 19.1 Å². The van der Waals surface area contributed by atoms with Crippen LogP contribution in [-0.4, -0.2) is 65.1 Å². The fourth-order valence-electron chi connectivity index (χ4n) is 4.16. The minimum absolute atomic E-state index is 0.139. The lowest BCUT2D eigenvalue weighted by atomic mass is 9.97. The van der Waals surface area contributed by atoms with E-state index in [1.54, 1.807) is 12.4 Å². The molecule has 0 aliphatic carbocycles. The number of nitrogens with zero attached hydrogens (tertiary/aromatic N) is 5. The highest BCUT2D eigenvalue weighted by Crippen LogP contribution is 2.26. The predicted octanol–water partition coefficient (Wildman–Crippen LogP) is 1.83. The van der Waals surface area contributed by atoms with Crippen LogP contribution < -0.4 is 10.2 Å². The van der Waals surface area contributed by atoms with E-state index in [1.165, 1.54) is 11.8 Å². The van der Waals surface area contributed by atoms with Gasteiger partial charge in [-0.1, -0.05) is 24.3 Å². The van der Waals surface area contributed by atoms with Gasteiger partial charge in [-0.2, -0.15) is 0 Å². The molecule has 2 aromatic heterocycles. The van der Waals surface area contributed by atoms with Crippen molar-refractivity contribution in [3.63, 3.8) is 0 Å². The summed E-state index contributed by atoms with van der Waals surface area (Å²) < 4.78 is 11.4. The second kappa shape index (κ2) is 9.46. The molecule has 3 aromatic rings. The van der Waals surface area contributed by atoms with Gasteiger partial charge in [0.15, 0.2) is 5.69 Å². The standard InChI is InChI=1S/C23H26N6O3/c30-22(26-14-20-18-5-2-1-4-17(18)6-13-31-20)19-16-32-21(27-19)15-28-9-11-29(12-10-28)23-24-7-3-8-25-23/h1-5,7-8,16,20H,6,9-15H2,(H,26,30). The first-order valence-electron chi connectivity index (χ1n) is 10.9. The lowest BCUT2D eigenvalue weighted by Crippen LogP contribution is -2.46. The molecule has 166 valence electrons. The number of nitrogens with one attached hydrogen (secondary N) is 1. The van der Waals surface area contributed by atoms with E-state index in [9.17, 15) is 4.79 Å². The van der Waals surface area contributed by atoms with Crippen LogP contribution >= 0.6 is 0 Å². The molecule has 32 heavy (non-hydrogen) atoms. The average molecular weight is 435 g/mol. The number of carbonyl (C=O) groups excluding carboxylic acids is 1. The SMILES string of the molecule is O=C(NCC1OCCc2ccccc21)c1coc(CN2CCN(c3ncccn3)CC2)n1. The molecule has 1 unspecified atom stereocenters. The molecule has 0 spiro atoms. The van der Waals surface area contributed by atoms with Gasteiger partial charge in [-0.3, -0.25) is 9.69 Å². The normalized spacial score (nSPS) is 18.9. The van der Waals surface area contributed by atoms with Crippen molar-refractivity contribution < 1.29 is 13.9 Å². The molecular weight excluding hydrogens is 408 g/mol. The molecule has 0 bridgehead atoms. The maximum Gasteiger partial charge on any atom is 0.273 e. The van der Waals surface area contributed by atoms with Crippen LogP contribution in [0.15, 0.2) is 53.4 Å². The molecule has 1 saturated heterocycles. The number of hydrogen-bond acceptors (Lipinski definition) is 8. The number of rotatable bonds is 6. The summed E-state index contributed by atoms with van der Waals surface area (Å²) in [6.45, 7) is 5.00. The molecule has 0 saturated carbocycles. The third-order valence-electron chi connectivity index (χ3n) is 5.89. The quantitative estimate of drug-likeness (QED) is 0.628. The van der Waals surface area contributed by atoms with E-state index in [2.05, 4.69) is 42.2 Å². The van der Waals surface area contributed by atoms with Crippen LogP contribution in [0.25, 0.3) is 0 Å². The van der Waals surface area contributed by atoms with E-state index < -0.39 is 0 Å². The van der Waals surface area contributed by atoms with E-state index in [0.717, 1.165) is 44.1 Å². The molecule has 4 heterocycles. The molecular formula is C23H26N6O3. The molecule has 1 N–H and O–H groups in total. The van der Waals surface area contributed by atoms with E-state index in [1.807, 2.05) is 18.2 Å². The van der Waals surface area contributed by atoms with E-state index >= 15 is 0 Å². The predicted molar refractivity (Wildman–Crippen MR) is 117 cm³/mol. The Kier molecular flexibility index (Phi) is 6.09. The Balaban J connectivity index is 1.12. The highest BCUT2D eigenvalue weighted by Gasteiger charge is 2.23. The van der Waals surface area contributed by atoms with Gasteiger partial charge in [0.25, 0.3) is 5.91 Å². The van der Waals surface area contributed by atoms with Gasteiger partial charge >= 0.3 is 0 Å². The Morgan fingerprint density at radius 2 is 1.91 bits per heavy atom. The maximum atomic E-state index is 12.6. The number of anilines is 1. The van der Waals surface area contributed by atoms with E-state index in [0.29, 0.717) is 31.3 Å². The summed E-state index contributed by atoms with van der Waals surface area (Å²) in [6.07, 6.45) is 5.70. The number of piperazine rings is 1. The number of benzene rings is 1. The lowest BCUT2D eigenvalue weighted by molar-refractivity contribution is 0.0411. The summed E-state index contributed by atoms with van der Waals surface area (Å²) in [7, 11) is 0. The summed E-state index contributed by atoms with van der Waals surface area (Å²) >= 11 is 0. The maximum absolute atomic E-state index is 12.6. The van der Waals surface area contributed by atoms with Gasteiger partial charge in [-0.15, -0.1) is 0 Å². The average Bonchev–Trinajstić information content (AvgIpc) is 3.32. The summed E-state index contributed by atoms with van der Waals surface area (Å²) in [5.41, 5.74) is 2.71. The molecule has 2 aliphatic rings. The molecule has 0 radical (unpaired) electrons. The third-order valence-corrected chi connectivity index (χ3v) is 5.89. The number of fused-ring (bicyclic) bond motifs is 1. The number of aromatic nitrogens is 3. The Labute approximate surface area is 186 Å². The van der Waals surface area contributed by atoms with E-state index in [4.69, 9.17) is 9.15 Å². The first kappa shape index (κ1) is 20.6. The number of oxazole rings is 1. The lowest BCUT2D eigenvalue weighted by Gasteiger charge is -2.33.